The largest absolute Gasteiger partial charge is 0.327 e. The van der Waals surface area contributed by atoms with Crippen LogP contribution in [0.3, 0.4) is 0 Å². The summed E-state index contributed by atoms with van der Waals surface area (Å²) in [4.78, 5) is 13.0. The van der Waals surface area contributed by atoms with Crippen LogP contribution in [0.5, 0.6) is 0 Å². The van der Waals surface area contributed by atoms with Gasteiger partial charge in [0, 0.05) is 17.3 Å². The first-order valence-corrected chi connectivity index (χ1v) is 6.53. The molecule has 2 rings (SSSR count). The summed E-state index contributed by atoms with van der Waals surface area (Å²) in [6.07, 6.45) is 2.35. The molecule has 0 bridgehead atoms. The predicted molar refractivity (Wildman–Crippen MR) is 67.5 cm³/mol. The van der Waals surface area contributed by atoms with Crippen LogP contribution in [0.15, 0.2) is 22.7 Å². The molecular formula is C12H15BrFN2O+. The Morgan fingerprint density at radius 3 is 2.76 bits per heavy atom. The Bertz CT molecular complexity index is 419. The topological polar surface area (TPSA) is 33.5 Å². The Morgan fingerprint density at radius 2 is 2.12 bits per heavy atom. The van der Waals surface area contributed by atoms with Crippen molar-refractivity contribution in [3.63, 3.8) is 0 Å². The van der Waals surface area contributed by atoms with E-state index in [0.717, 1.165) is 13.1 Å². The fourth-order valence-corrected chi connectivity index (χ4v) is 2.40. The van der Waals surface area contributed by atoms with Crippen molar-refractivity contribution in [3.05, 3.63) is 28.5 Å². The van der Waals surface area contributed by atoms with Gasteiger partial charge in [-0.05, 0) is 18.2 Å². The van der Waals surface area contributed by atoms with E-state index in [0.29, 0.717) is 11.0 Å². The maximum Gasteiger partial charge on any atom is 0.279 e. The SMILES string of the molecule is O=C(C[NH+]1CCCC1)Nc1ccc(Br)cc1F. The molecule has 1 aromatic rings. The average Bonchev–Trinajstić information content (AvgIpc) is 2.75. The average molecular weight is 302 g/mol. The molecule has 1 aliphatic heterocycles. The quantitative estimate of drug-likeness (QED) is 0.864. The smallest absolute Gasteiger partial charge is 0.279 e. The molecule has 1 aromatic carbocycles. The molecule has 1 amide bonds. The molecule has 0 radical (unpaired) electrons. The van der Waals surface area contributed by atoms with Gasteiger partial charge in [0.25, 0.3) is 5.91 Å². The number of hydrogen-bond donors (Lipinski definition) is 2. The number of nitrogens with one attached hydrogen (secondary N) is 2. The lowest BCUT2D eigenvalue weighted by molar-refractivity contribution is -0.878. The summed E-state index contributed by atoms with van der Waals surface area (Å²) >= 11 is 3.18. The first-order chi connectivity index (χ1) is 8.15. The zero-order chi connectivity index (χ0) is 12.3. The lowest BCUT2D eigenvalue weighted by atomic mass is 10.3. The Labute approximate surface area is 108 Å². The number of carbonyl (C=O) groups is 1. The van der Waals surface area contributed by atoms with Crippen molar-refractivity contribution in [2.75, 3.05) is 25.0 Å². The zero-order valence-electron chi connectivity index (χ0n) is 9.43. The lowest BCUT2D eigenvalue weighted by Gasteiger charge is -2.12. The maximum atomic E-state index is 13.5. The molecule has 0 unspecified atom stereocenters. The summed E-state index contributed by atoms with van der Waals surface area (Å²) in [7, 11) is 0. The standard InChI is InChI=1S/C12H14BrFN2O/c13-9-3-4-11(10(14)7-9)15-12(17)8-16-5-1-2-6-16/h3-4,7H,1-2,5-6,8H2,(H,15,17)/p+1. The van der Waals surface area contributed by atoms with E-state index in [1.165, 1.54) is 23.8 Å². The highest BCUT2D eigenvalue weighted by Gasteiger charge is 2.19. The molecule has 1 aliphatic rings. The van der Waals surface area contributed by atoms with Gasteiger partial charge in [-0.2, -0.15) is 0 Å². The molecule has 0 aliphatic carbocycles. The van der Waals surface area contributed by atoms with Crippen LogP contribution in [0.2, 0.25) is 0 Å². The number of quaternary nitrogens is 1. The van der Waals surface area contributed by atoms with Gasteiger partial charge in [0.2, 0.25) is 0 Å². The maximum absolute atomic E-state index is 13.5. The van der Waals surface area contributed by atoms with Gasteiger partial charge in [-0.25, -0.2) is 4.39 Å². The van der Waals surface area contributed by atoms with Gasteiger partial charge >= 0.3 is 0 Å². The molecule has 0 spiro atoms. The van der Waals surface area contributed by atoms with Crippen molar-refractivity contribution in [1.82, 2.24) is 0 Å². The van der Waals surface area contributed by atoms with E-state index in [4.69, 9.17) is 0 Å². The molecule has 1 heterocycles. The van der Waals surface area contributed by atoms with Gasteiger partial charge in [-0.15, -0.1) is 0 Å². The molecule has 92 valence electrons. The van der Waals surface area contributed by atoms with Crippen LogP contribution >= 0.6 is 15.9 Å². The minimum atomic E-state index is -0.413. The number of hydrogen-bond acceptors (Lipinski definition) is 1. The van der Waals surface area contributed by atoms with Crippen molar-refractivity contribution in [2.45, 2.75) is 12.8 Å². The number of anilines is 1. The van der Waals surface area contributed by atoms with Crippen LogP contribution < -0.4 is 10.2 Å². The van der Waals surface area contributed by atoms with Crippen LogP contribution in [0.25, 0.3) is 0 Å². The van der Waals surface area contributed by atoms with E-state index < -0.39 is 5.82 Å². The zero-order valence-corrected chi connectivity index (χ0v) is 11.0. The molecule has 1 fully saturated rings. The van der Waals surface area contributed by atoms with Crippen LogP contribution in [-0.4, -0.2) is 25.5 Å². The van der Waals surface area contributed by atoms with Gasteiger partial charge in [-0.3, -0.25) is 4.79 Å². The molecule has 0 atom stereocenters. The number of benzene rings is 1. The van der Waals surface area contributed by atoms with Crippen molar-refractivity contribution in [3.8, 4) is 0 Å². The second kappa shape index (κ2) is 5.60. The van der Waals surface area contributed by atoms with Crippen molar-refractivity contribution < 1.29 is 14.1 Å². The molecule has 2 N–H and O–H groups in total. The summed E-state index contributed by atoms with van der Waals surface area (Å²) in [5.74, 6) is -0.535. The van der Waals surface area contributed by atoms with Gasteiger partial charge in [0.15, 0.2) is 6.54 Å². The normalized spacial score (nSPS) is 16.1. The van der Waals surface area contributed by atoms with Crippen LogP contribution in [0.4, 0.5) is 10.1 Å². The third-order valence-electron chi connectivity index (χ3n) is 2.93. The molecular weight excluding hydrogens is 287 g/mol. The van der Waals surface area contributed by atoms with Gasteiger partial charge < -0.3 is 10.2 Å². The summed E-state index contributed by atoms with van der Waals surface area (Å²) in [5.41, 5.74) is 0.247. The summed E-state index contributed by atoms with van der Waals surface area (Å²) in [6.45, 7) is 2.50. The minimum absolute atomic E-state index is 0.122. The van der Waals surface area contributed by atoms with E-state index in [1.54, 1.807) is 12.1 Å². The third kappa shape index (κ3) is 3.51. The second-order valence-electron chi connectivity index (χ2n) is 4.31. The van der Waals surface area contributed by atoms with Gasteiger partial charge in [0.05, 0.1) is 18.8 Å². The van der Waals surface area contributed by atoms with Crippen molar-refractivity contribution in [2.24, 2.45) is 0 Å². The lowest BCUT2D eigenvalue weighted by Crippen LogP contribution is -3.11. The first-order valence-electron chi connectivity index (χ1n) is 5.73. The molecule has 0 aromatic heterocycles. The second-order valence-corrected chi connectivity index (χ2v) is 5.22. The molecule has 0 saturated carbocycles. The first kappa shape index (κ1) is 12.5. The highest BCUT2D eigenvalue weighted by molar-refractivity contribution is 9.10. The number of carbonyl (C=O) groups excluding carboxylic acids is 1. The van der Waals surface area contributed by atoms with Crippen LogP contribution in [-0.2, 0) is 4.79 Å². The fraction of sp³-hybridized carbons (Fsp3) is 0.417. The summed E-state index contributed by atoms with van der Waals surface area (Å²) in [6, 6.07) is 4.62. The van der Waals surface area contributed by atoms with E-state index in [1.807, 2.05) is 0 Å². The van der Waals surface area contributed by atoms with E-state index in [-0.39, 0.29) is 11.6 Å². The Balaban J connectivity index is 1.93. The molecule has 1 saturated heterocycles. The van der Waals surface area contributed by atoms with E-state index >= 15 is 0 Å². The monoisotopic (exact) mass is 301 g/mol. The Morgan fingerprint density at radius 1 is 1.41 bits per heavy atom. The molecule has 5 heteroatoms. The number of amides is 1. The highest BCUT2D eigenvalue weighted by atomic mass is 79.9. The molecule has 3 nitrogen and oxygen atoms in total. The van der Waals surface area contributed by atoms with E-state index in [9.17, 15) is 9.18 Å². The van der Waals surface area contributed by atoms with E-state index in [2.05, 4.69) is 21.2 Å². The van der Waals surface area contributed by atoms with Gasteiger partial charge in [0.1, 0.15) is 5.82 Å². The van der Waals surface area contributed by atoms with Crippen LogP contribution in [0, 0.1) is 5.82 Å². The van der Waals surface area contributed by atoms with Crippen molar-refractivity contribution >= 4 is 27.5 Å². The van der Waals surface area contributed by atoms with Crippen molar-refractivity contribution in [1.29, 1.82) is 0 Å². The van der Waals surface area contributed by atoms with Gasteiger partial charge in [-0.1, -0.05) is 15.9 Å². The number of rotatable bonds is 3. The summed E-state index contributed by atoms with van der Waals surface area (Å²) in [5, 5.41) is 2.61. The highest BCUT2D eigenvalue weighted by Crippen LogP contribution is 2.18. The Hall–Kier alpha value is -0.940. The predicted octanol–water partition coefficient (Wildman–Crippen LogP) is 1.21. The third-order valence-corrected chi connectivity index (χ3v) is 3.42. The van der Waals surface area contributed by atoms with Crippen LogP contribution in [0.1, 0.15) is 12.8 Å². The Kier molecular flexibility index (Phi) is 4.12. The minimum Gasteiger partial charge on any atom is -0.327 e. The summed E-state index contributed by atoms with van der Waals surface area (Å²) < 4.78 is 14.1. The fourth-order valence-electron chi connectivity index (χ4n) is 2.06. The number of likely N-dealkylation sites (tertiary alicyclic amines) is 1. The molecule has 17 heavy (non-hydrogen) atoms. The number of halogens is 2.